The number of rotatable bonds is 3. The second-order valence-electron chi connectivity index (χ2n) is 7.66. The molecule has 2 aliphatic heterocycles. The Morgan fingerprint density at radius 2 is 1.88 bits per heavy atom. The van der Waals surface area contributed by atoms with Crippen molar-refractivity contribution >= 4 is 42.2 Å². The zero-order chi connectivity index (χ0) is 22.2. The normalized spacial score (nSPS) is 16.7. The van der Waals surface area contributed by atoms with Crippen LogP contribution in [0, 0.1) is 11.3 Å². The molecule has 0 atom stereocenters. The smallest absolute Gasteiger partial charge is 0.304 e. The van der Waals surface area contributed by atoms with Crippen LogP contribution in [0.3, 0.4) is 0 Å². The van der Waals surface area contributed by atoms with Crippen molar-refractivity contribution < 1.29 is 18.0 Å². The third-order valence-electron chi connectivity index (χ3n) is 5.56. The van der Waals surface area contributed by atoms with E-state index >= 15 is 0 Å². The lowest BCUT2D eigenvalue weighted by atomic mass is 10.1. The molecule has 1 aromatic heterocycles. The zero-order valence-electron chi connectivity index (χ0n) is 17.7. The Labute approximate surface area is 201 Å². The number of fused-ring (bicyclic) bond motifs is 1. The Hall–Kier alpha value is -2.58. The van der Waals surface area contributed by atoms with Gasteiger partial charge in [0.25, 0.3) is 0 Å². The lowest BCUT2D eigenvalue weighted by Crippen LogP contribution is -2.49. The van der Waals surface area contributed by atoms with E-state index in [1.54, 1.807) is 12.1 Å². The number of halogens is 5. The molecular formula is C21H23Cl2F3N6O. The van der Waals surface area contributed by atoms with Crippen molar-refractivity contribution in [2.24, 2.45) is 0 Å². The van der Waals surface area contributed by atoms with Gasteiger partial charge in [-0.15, -0.1) is 24.8 Å². The number of hydrogen-bond donors (Lipinski definition) is 0. The number of hydrogen-bond acceptors (Lipinski definition) is 5. The van der Waals surface area contributed by atoms with Gasteiger partial charge >= 0.3 is 6.18 Å². The lowest BCUT2D eigenvalue weighted by Gasteiger charge is -2.34. The van der Waals surface area contributed by atoms with Crippen LogP contribution in [-0.4, -0.2) is 71.8 Å². The highest BCUT2D eigenvalue weighted by atomic mass is 35.5. The molecule has 1 fully saturated rings. The molecule has 4 rings (SSSR count). The van der Waals surface area contributed by atoms with Crippen LogP contribution >= 0.6 is 24.8 Å². The van der Waals surface area contributed by atoms with Crippen LogP contribution < -0.4 is 4.90 Å². The second kappa shape index (κ2) is 10.6. The molecule has 33 heavy (non-hydrogen) atoms. The van der Waals surface area contributed by atoms with Crippen molar-refractivity contribution in [1.82, 2.24) is 19.6 Å². The molecule has 2 aromatic rings. The number of amides is 1. The maximum absolute atomic E-state index is 13.2. The van der Waals surface area contributed by atoms with Gasteiger partial charge in [-0.25, -0.2) is 4.68 Å². The summed E-state index contributed by atoms with van der Waals surface area (Å²) in [6.07, 6.45) is -1.47. The second-order valence-corrected chi connectivity index (χ2v) is 7.66. The minimum Gasteiger partial charge on any atom is -0.304 e. The van der Waals surface area contributed by atoms with Crippen LogP contribution in [0.25, 0.3) is 5.70 Å². The SMILES string of the molecule is CN1CCN(CC(=O)N2CC=C(c3cccc(C(F)(F)F)c3)n3ncc(C#N)c32)CC1.Cl.Cl. The van der Waals surface area contributed by atoms with Gasteiger partial charge in [-0.2, -0.15) is 23.5 Å². The Morgan fingerprint density at radius 3 is 2.52 bits per heavy atom. The molecule has 0 spiro atoms. The van der Waals surface area contributed by atoms with E-state index < -0.39 is 11.7 Å². The van der Waals surface area contributed by atoms with E-state index in [1.807, 2.05) is 13.1 Å². The molecule has 1 amide bonds. The summed E-state index contributed by atoms with van der Waals surface area (Å²) in [4.78, 5) is 18.8. The van der Waals surface area contributed by atoms with E-state index in [0.717, 1.165) is 38.3 Å². The molecule has 0 aliphatic carbocycles. The van der Waals surface area contributed by atoms with E-state index in [0.29, 0.717) is 11.3 Å². The Morgan fingerprint density at radius 1 is 1.18 bits per heavy atom. The van der Waals surface area contributed by atoms with Crippen molar-refractivity contribution in [1.29, 1.82) is 5.26 Å². The molecule has 12 heteroatoms. The number of nitriles is 1. The monoisotopic (exact) mass is 502 g/mol. The summed E-state index contributed by atoms with van der Waals surface area (Å²) in [5.41, 5.74) is 0.152. The third kappa shape index (κ3) is 5.50. The van der Waals surface area contributed by atoms with E-state index in [4.69, 9.17) is 0 Å². The first-order chi connectivity index (χ1) is 14.8. The average Bonchev–Trinajstić information content (AvgIpc) is 3.18. The zero-order valence-corrected chi connectivity index (χ0v) is 19.4. The van der Waals surface area contributed by atoms with Crippen molar-refractivity contribution in [2.45, 2.75) is 6.18 Å². The summed E-state index contributed by atoms with van der Waals surface area (Å²) in [6, 6.07) is 6.97. The van der Waals surface area contributed by atoms with Gasteiger partial charge in [-0.1, -0.05) is 12.1 Å². The first kappa shape index (κ1) is 26.7. The summed E-state index contributed by atoms with van der Waals surface area (Å²) in [5.74, 6) is 0.110. The molecule has 2 aliphatic rings. The van der Waals surface area contributed by atoms with Crippen LogP contribution in [0.2, 0.25) is 0 Å². The molecule has 0 unspecified atom stereocenters. The highest BCUT2D eigenvalue weighted by Gasteiger charge is 2.33. The summed E-state index contributed by atoms with van der Waals surface area (Å²) < 4.78 is 40.9. The van der Waals surface area contributed by atoms with Gasteiger partial charge < -0.3 is 4.90 Å². The van der Waals surface area contributed by atoms with E-state index in [2.05, 4.69) is 14.9 Å². The predicted molar refractivity (Wildman–Crippen MR) is 123 cm³/mol. The number of carbonyl (C=O) groups excluding carboxylic acids is 1. The minimum absolute atomic E-state index is 0. The van der Waals surface area contributed by atoms with E-state index in [9.17, 15) is 23.2 Å². The van der Waals surface area contributed by atoms with Crippen LogP contribution in [0.1, 0.15) is 16.7 Å². The van der Waals surface area contributed by atoms with Gasteiger partial charge in [-0.05, 0) is 25.3 Å². The molecule has 3 heterocycles. The Balaban J connectivity index is 0.00000193. The number of anilines is 1. The van der Waals surface area contributed by atoms with Gasteiger partial charge in [0, 0.05) is 38.3 Å². The number of carbonyl (C=O) groups is 1. The fraction of sp³-hybridized carbons (Fsp3) is 0.381. The van der Waals surface area contributed by atoms with Crippen molar-refractivity contribution in [2.75, 3.05) is 51.2 Å². The van der Waals surface area contributed by atoms with Crippen LogP contribution in [0.5, 0.6) is 0 Å². The predicted octanol–water partition coefficient (Wildman–Crippen LogP) is 3.10. The minimum atomic E-state index is -4.47. The Bertz CT molecular complexity index is 1070. The van der Waals surface area contributed by atoms with Crippen LogP contribution in [0.4, 0.5) is 19.0 Å². The molecule has 0 radical (unpaired) electrons. The van der Waals surface area contributed by atoms with Crippen molar-refractivity contribution in [3.63, 3.8) is 0 Å². The molecule has 7 nitrogen and oxygen atoms in total. The van der Waals surface area contributed by atoms with Gasteiger partial charge in [0.2, 0.25) is 5.91 Å². The highest BCUT2D eigenvalue weighted by Crippen LogP contribution is 2.34. The van der Waals surface area contributed by atoms with Crippen LogP contribution in [-0.2, 0) is 11.0 Å². The molecule has 0 saturated carbocycles. The van der Waals surface area contributed by atoms with Crippen molar-refractivity contribution in [3.8, 4) is 6.07 Å². The first-order valence-corrected chi connectivity index (χ1v) is 9.85. The number of piperazine rings is 1. The summed E-state index contributed by atoms with van der Waals surface area (Å²) in [5, 5.41) is 13.7. The topological polar surface area (TPSA) is 68.4 Å². The van der Waals surface area contributed by atoms with Gasteiger partial charge in [0.15, 0.2) is 5.82 Å². The molecule has 0 bridgehead atoms. The largest absolute Gasteiger partial charge is 0.416 e. The quantitative estimate of drug-likeness (QED) is 0.644. The van der Waals surface area contributed by atoms with Gasteiger partial charge in [-0.3, -0.25) is 14.6 Å². The standard InChI is InChI=1S/C21H21F3N6O.2ClH/c1-27-7-9-28(10-8-27)14-19(31)29-6-5-18(30-20(29)16(12-25)13-26-30)15-3-2-4-17(11-15)21(22,23)24;;/h2-5,11,13H,6-10,14H2,1H3;2*1H. The summed E-state index contributed by atoms with van der Waals surface area (Å²) in [7, 11) is 2.03. The number of benzene rings is 1. The molecule has 0 N–H and O–H groups in total. The fourth-order valence-corrected chi connectivity index (χ4v) is 3.81. The molecule has 178 valence electrons. The molecular weight excluding hydrogens is 480 g/mol. The maximum Gasteiger partial charge on any atom is 0.416 e. The number of aromatic nitrogens is 2. The molecule has 1 aromatic carbocycles. The van der Waals surface area contributed by atoms with Gasteiger partial charge in [0.05, 0.1) is 24.0 Å². The third-order valence-corrected chi connectivity index (χ3v) is 5.56. The molecule has 1 saturated heterocycles. The van der Waals surface area contributed by atoms with E-state index in [1.165, 1.54) is 21.8 Å². The summed E-state index contributed by atoms with van der Waals surface area (Å²) >= 11 is 0. The Kier molecular flexibility index (Phi) is 8.54. The van der Waals surface area contributed by atoms with Gasteiger partial charge in [0.1, 0.15) is 11.6 Å². The number of alkyl halides is 3. The fourth-order valence-electron chi connectivity index (χ4n) is 3.81. The maximum atomic E-state index is 13.2. The van der Waals surface area contributed by atoms with Crippen molar-refractivity contribution in [3.05, 3.63) is 53.2 Å². The highest BCUT2D eigenvalue weighted by molar-refractivity contribution is 5.97. The van der Waals surface area contributed by atoms with Crippen LogP contribution in [0.15, 0.2) is 36.5 Å². The first-order valence-electron chi connectivity index (χ1n) is 9.85. The average molecular weight is 503 g/mol. The van der Waals surface area contributed by atoms with E-state index in [-0.39, 0.29) is 55.2 Å². The summed E-state index contributed by atoms with van der Waals surface area (Å²) in [6.45, 7) is 3.63. The number of nitrogens with zero attached hydrogens (tertiary/aromatic N) is 6. The lowest BCUT2D eigenvalue weighted by molar-refractivity contribution is -0.137. The number of likely N-dealkylation sites (N-methyl/N-ethyl adjacent to an activating group) is 1.